The van der Waals surface area contributed by atoms with Crippen molar-refractivity contribution in [3.05, 3.63) is 86.3 Å². The van der Waals surface area contributed by atoms with Crippen LogP contribution in [-0.2, 0) is 22.8 Å². The molecule has 0 saturated carbocycles. The summed E-state index contributed by atoms with van der Waals surface area (Å²) in [6.07, 6.45) is -0.615. The Labute approximate surface area is 224 Å². The molecule has 0 radical (unpaired) electrons. The summed E-state index contributed by atoms with van der Waals surface area (Å²) >= 11 is 0. The highest BCUT2D eigenvalue weighted by molar-refractivity contribution is 5.82. The maximum Gasteiger partial charge on any atom is 0.329 e. The van der Waals surface area contributed by atoms with Gasteiger partial charge in [0.2, 0.25) is 6.79 Å². The summed E-state index contributed by atoms with van der Waals surface area (Å²) in [6, 6.07) is 13.1. The van der Waals surface area contributed by atoms with Crippen LogP contribution in [-0.4, -0.2) is 38.9 Å². The Morgan fingerprint density at radius 3 is 2.38 bits per heavy atom. The molecule has 1 aliphatic heterocycles. The quantitative estimate of drug-likeness (QED) is 0.238. The first-order valence-electron chi connectivity index (χ1n) is 12.5. The van der Waals surface area contributed by atoms with E-state index in [1.54, 1.807) is 16.7 Å². The zero-order valence-corrected chi connectivity index (χ0v) is 22.2. The fraction of sp³-hybridized carbons (Fsp3) is 0.310. The average molecular weight is 535 g/mol. The Hall–Kier alpha value is -4.28. The average Bonchev–Trinajstić information content (AvgIpc) is 3.46. The normalized spacial score (nSPS) is 13.2. The Bertz CT molecular complexity index is 1610. The number of hydrogen-bond donors (Lipinski definition) is 2. The molecule has 3 aromatic carbocycles. The maximum atomic E-state index is 13.4. The second kappa shape index (κ2) is 10.5. The molecule has 1 aliphatic rings. The summed E-state index contributed by atoms with van der Waals surface area (Å²) in [5.74, 6) is 0.796. The number of aliphatic carboxylic acids is 1. The van der Waals surface area contributed by atoms with Gasteiger partial charge in [0, 0.05) is 0 Å². The van der Waals surface area contributed by atoms with Gasteiger partial charge in [-0.25, -0.2) is 9.68 Å². The smallest absolute Gasteiger partial charge is 0.329 e. The van der Waals surface area contributed by atoms with Crippen molar-refractivity contribution in [2.24, 2.45) is 0 Å². The molecule has 1 aromatic heterocycles. The van der Waals surface area contributed by atoms with Gasteiger partial charge in [-0.2, -0.15) is 0 Å². The van der Waals surface area contributed by atoms with Crippen LogP contribution in [0.3, 0.4) is 0 Å². The highest BCUT2D eigenvalue weighted by Crippen LogP contribution is 2.37. The number of benzene rings is 3. The molecule has 0 bridgehead atoms. The van der Waals surface area contributed by atoms with E-state index in [9.17, 15) is 20.0 Å². The molecular formula is C29H30N2O8. The maximum absolute atomic E-state index is 13.4. The number of aryl methyl sites for hydroxylation is 4. The number of carbonyl (C=O) groups is 1. The lowest BCUT2D eigenvalue weighted by atomic mass is 10.0. The van der Waals surface area contributed by atoms with E-state index in [2.05, 4.69) is 4.89 Å². The van der Waals surface area contributed by atoms with Crippen molar-refractivity contribution < 1.29 is 34.3 Å². The van der Waals surface area contributed by atoms with Crippen molar-refractivity contribution >= 4 is 17.0 Å². The van der Waals surface area contributed by atoms with Gasteiger partial charge in [0.1, 0.15) is 18.9 Å². The zero-order valence-electron chi connectivity index (χ0n) is 22.2. The largest absolute Gasteiger partial charge is 0.483 e. The van der Waals surface area contributed by atoms with Gasteiger partial charge in [0.05, 0.1) is 17.6 Å². The standard InChI is InChI=1S/C29H30N2O8/c1-16-5-7-22-27(19(16)4)31(13-26(32)33)29(34)30(22)12-20-9-17(2)28(18(3)10-20)39-25(14-38-35)21-6-8-23-24(11-21)37-15-36-23/h5-11,25,35H,12-15H2,1-4H3,(H,32,33). The van der Waals surface area contributed by atoms with Gasteiger partial charge in [0.25, 0.3) is 0 Å². The van der Waals surface area contributed by atoms with E-state index in [4.69, 9.17) is 14.2 Å². The molecule has 39 heavy (non-hydrogen) atoms. The topological polar surface area (TPSA) is 121 Å². The van der Waals surface area contributed by atoms with Crippen LogP contribution in [0.5, 0.6) is 17.2 Å². The summed E-state index contributed by atoms with van der Waals surface area (Å²) in [6.45, 7) is 7.55. The molecule has 0 amide bonds. The second-order valence-corrected chi connectivity index (χ2v) is 9.80. The van der Waals surface area contributed by atoms with Crippen LogP contribution < -0.4 is 19.9 Å². The number of aromatic nitrogens is 2. The summed E-state index contributed by atoms with van der Waals surface area (Å²) in [5, 5.41) is 18.6. The van der Waals surface area contributed by atoms with Crippen LogP contribution >= 0.6 is 0 Å². The molecular weight excluding hydrogens is 504 g/mol. The minimum absolute atomic E-state index is 0.0997. The Morgan fingerprint density at radius 2 is 1.69 bits per heavy atom. The summed E-state index contributed by atoms with van der Waals surface area (Å²) in [7, 11) is 0. The third-order valence-electron chi connectivity index (χ3n) is 7.11. The van der Waals surface area contributed by atoms with Gasteiger partial charge in [-0.05, 0) is 79.3 Å². The van der Waals surface area contributed by atoms with Gasteiger partial charge in [-0.1, -0.05) is 24.3 Å². The Balaban J connectivity index is 1.48. The van der Waals surface area contributed by atoms with E-state index in [1.807, 2.05) is 58.0 Å². The first-order chi connectivity index (χ1) is 18.7. The highest BCUT2D eigenvalue weighted by Gasteiger charge is 2.22. The number of rotatable bonds is 9. The lowest BCUT2D eigenvalue weighted by molar-refractivity contribution is -0.255. The third-order valence-corrected chi connectivity index (χ3v) is 7.11. The van der Waals surface area contributed by atoms with Crippen molar-refractivity contribution in [2.75, 3.05) is 13.4 Å². The number of carboxylic acids is 1. The number of hydrogen-bond acceptors (Lipinski definition) is 7. The SMILES string of the molecule is Cc1cc(Cn2c(=O)n(CC(=O)O)c3c(C)c(C)ccc32)cc(C)c1OC(COO)c1ccc2c(c1)OCO2. The van der Waals surface area contributed by atoms with Crippen LogP contribution in [0, 0.1) is 27.7 Å². The number of nitrogens with zero attached hydrogens (tertiary/aromatic N) is 2. The molecule has 0 fully saturated rings. The van der Waals surface area contributed by atoms with Crippen molar-refractivity contribution in [2.45, 2.75) is 46.9 Å². The molecule has 10 nitrogen and oxygen atoms in total. The van der Waals surface area contributed by atoms with Gasteiger partial charge in [-0.3, -0.25) is 19.2 Å². The monoisotopic (exact) mass is 534 g/mol. The van der Waals surface area contributed by atoms with Gasteiger partial charge in [0.15, 0.2) is 17.6 Å². The fourth-order valence-corrected chi connectivity index (χ4v) is 5.15. The predicted molar refractivity (Wildman–Crippen MR) is 143 cm³/mol. The third kappa shape index (κ3) is 4.96. The van der Waals surface area contributed by atoms with Gasteiger partial charge >= 0.3 is 11.7 Å². The Morgan fingerprint density at radius 1 is 0.974 bits per heavy atom. The molecule has 1 unspecified atom stereocenters. The second-order valence-electron chi connectivity index (χ2n) is 9.80. The van der Waals surface area contributed by atoms with E-state index in [0.717, 1.165) is 33.4 Å². The van der Waals surface area contributed by atoms with Crippen LogP contribution in [0.2, 0.25) is 0 Å². The Kier molecular flexibility index (Phi) is 7.07. The predicted octanol–water partition coefficient (Wildman–Crippen LogP) is 4.51. The van der Waals surface area contributed by atoms with Crippen molar-refractivity contribution in [3.63, 3.8) is 0 Å². The van der Waals surface area contributed by atoms with Gasteiger partial charge < -0.3 is 19.3 Å². The molecule has 0 saturated heterocycles. The molecule has 0 aliphatic carbocycles. The van der Waals surface area contributed by atoms with E-state index in [0.29, 0.717) is 28.3 Å². The molecule has 2 N–H and O–H groups in total. The van der Waals surface area contributed by atoms with E-state index in [1.165, 1.54) is 4.57 Å². The van der Waals surface area contributed by atoms with E-state index < -0.39 is 18.6 Å². The minimum atomic E-state index is -1.07. The van der Waals surface area contributed by atoms with Crippen molar-refractivity contribution in [1.82, 2.24) is 9.13 Å². The highest BCUT2D eigenvalue weighted by atomic mass is 17.1. The van der Waals surface area contributed by atoms with Crippen LogP contribution in [0.15, 0.2) is 47.3 Å². The minimum Gasteiger partial charge on any atom is -0.483 e. The molecule has 1 atom stereocenters. The van der Waals surface area contributed by atoms with Crippen molar-refractivity contribution in [3.8, 4) is 17.2 Å². The zero-order chi connectivity index (χ0) is 27.8. The molecule has 2 heterocycles. The number of fused-ring (bicyclic) bond motifs is 2. The first kappa shape index (κ1) is 26.3. The molecule has 5 rings (SSSR count). The molecule has 204 valence electrons. The fourth-order valence-electron chi connectivity index (χ4n) is 5.15. The first-order valence-corrected chi connectivity index (χ1v) is 12.5. The molecule has 10 heteroatoms. The van der Waals surface area contributed by atoms with E-state index >= 15 is 0 Å². The van der Waals surface area contributed by atoms with E-state index in [-0.39, 0.29) is 25.6 Å². The van der Waals surface area contributed by atoms with Crippen molar-refractivity contribution in [1.29, 1.82) is 0 Å². The molecule has 4 aromatic rings. The number of imidazole rings is 1. The number of ether oxygens (including phenoxy) is 3. The summed E-state index contributed by atoms with van der Waals surface area (Å²) in [4.78, 5) is 29.3. The van der Waals surface area contributed by atoms with Crippen LogP contribution in [0.25, 0.3) is 11.0 Å². The molecule has 0 spiro atoms. The van der Waals surface area contributed by atoms with Gasteiger partial charge in [-0.15, -0.1) is 0 Å². The lowest BCUT2D eigenvalue weighted by Crippen LogP contribution is -2.27. The van der Waals surface area contributed by atoms with Crippen LogP contribution in [0.1, 0.15) is 39.5 Å². The summed E-state index contributed by atoms with van der Waals surface area (Å²) < 4.78 is 20.1. The van der Waals surface area contributed by atoms with Crippen LogP contribution in [0.4, 0.5) is 0 Å². The summed E-state index contributed by atoms with van der Waals surface area (Å²) in [5.41, 5.74) is 6.09. The lowest BCUT2D eigenvalue weighted by Gasteiger charge is -2.22. The number of carboxylic acid groups (broad SMARTS) is 1.